The molecule has 0 amide bonds. The molecule has 1 aromatic heterocycles. The van der Waals surface area contributed by atoms with Gasteiger partial charge >= 0.3 is 5.97 Å². The van der Waals surface area contributed by atoms with Gasteiger partial charge in [-0.05, 0) is 12.1 Å². The Morgan fingerprint density at radius 1 is 1.57 bits per heavy atom. The topological polar surface area (TPSA) is 76.2 Å². The number of halogens is 2. The minimum absolute atomic E-state index is 0.0330. The van der Waals surface area contributed by atoms with Crippen LogP contribution in [0.25, 0.3) is 0 Å². The van der Waals surface area contributed by atoms with Crippen molar-refractivity contribution in [1.82, 2.24) is 4.98 Å². The van der Waals surface area contributed by atoms with Gasteiger partial charge in [-0.25, -0.2) is 13.8 Å². The molecule has 0 bridgehead atoms. The molecule has 6 heteroatoms. The Balaban J connectivity index is 3.09. The second kappa shape index (κ2) is 3.99. The van der Waals surface area contributed by atoms with Gasteiger partial charge in [-0.3, -0.25) is 4.79 Å². The molecule has 0 aromatic carbocycles. The number of aliphatic carboxylic acids is 1. The number of carbonyl (C=O) groups is 1. The van der Waals surface area contributed by atoms with E-state index in [4.69, 9.17) is 10.8 Å². The van der Waals surface area contributed by atoms with E-state index in [1.165, 1.54) is 6.07 Å². The predicted molar refractivity (Wildman–Crippen MR) is 44.9 cm³/mol. The second-order valence-corrected chi connectivity index (χ2v) is 2.64. The molecule has 3 N–H and O–H groups in total. The fourth-order valence-electron chi connectivity index (χ4n) is 1.01. The maximum atomic E-state index is 12.3. The maximum Gasteiger partial charge on any atom is 0.309 e. The molecule has 0 saturated carbocycles. The van der Waals surface area contributed by atoms with Crippen LogP contribution in [0.15, 0.2) is 12.1 Å². The van der Waals surface area contributed by atoms with Crippen LogP contribution in [0.5, 0.6) is 0 Å². The summed E-state index contributed by atoms with van der Waals surface area (Å²) in [6.45, 7) is 0. The van der Waals surface area contributed by atoms with Crippen molar-refractivity contribution in [2.45, 2.75) is 12.8 Å². The summed E-state index contributed by atoms with van der Waals surface area (Å²) in [4.78, 5) is 13.9. The van der Waals surface area contributed by atoms with E-state index in [2.05, 4.69) is 4.98 Å². The van der Waals surface area contributed by atoms with Crippen LogP contribution in [0.3, 0.4) is 0 Å². The Labute approximate surface area is 78.4 Å². The zero-order valence-corrected chi connectivity index (χ0v) is 7.08. The van der Waals surface area contributed by atoms with Crippen LogP contribution in [0.1, 0.15) is 17.7 Å². The summed E-state index contributed by atoms with van der Waals surface area (Å²) in [6, 6.07) is 2.30. The Hall–Kier alpha value is -1.72. The third kappa shape index (κ3) is 2.38. The molecule has 76 valence electrons. The average Bonchev–Trinajstić information content (AvgIpc) is 2.01. The number of pyridine rings is 1. The first kappa shape index (κ1) is 10.4. The Morgan fingerprint density at radius 2 is 2.21 bits per heavy atom. The number of hydrogen-bond acceptors (Lipinski definition) is 3. The molecule has 1 heterocycles. The largest absolute Gasteiger partial charge is 0.481 e. The number of nitrogen functional groups attached to an aromatic ring is 1. The van der Waals surface area contributed by atoms with Gasteiger partial charge in [0.05, 0.1) is 12.1 Å². The molecular weight excluding hydrogens is 194 g/mol. The number of carboxylic acid groups (broad SMARTS) is 1. The minimum atomic E-state index is -2.74. The first-order valence-electron chi connectivity index (χ1n) is 3.76. The fourth-order valence-corrected chi connectivity index (χ4v) is 1.01. The summed E-state index contributed by atoms with van der Waals surface area (Å²) in [7, 11) is 0. The predicted octanol–water partition coefficient (Wildman–Crippen LogP) is 1.23. The summed E-state index contributed by atoms with van der Waals surface area (Å²) in [5.41, 5.74) is 4.68. The van der Waals surface area contributed by atoms with Crippen LogP contribution in [-0.4, -0.2) is 16.1 Å². The highest BCUT2D eigenvalue weighted by atomic mass is 19.3. The lowest BCUT2D eigenvalue weighted by molar-refractivity contribution is -0.136. The van der Waals surface area contributed by atoms with Crippen LogP contribution >= 0.6 is 0 Å². The molecule has 0 aliphatic carbocycles. The van der Waals surface area contributed by atoms with Crippen molar-refractivity contribution in [3.8, 4) is 0 Å². The second-order valence-electron chi connectivity index (χ2n) is 2.64. The standard InChI is InChI=1S/C8H8F2N2O2/c9-8(10)4-1-2-6(11)12-5(4)3-7(13)14/h1-2,8H,3H2,(H2,11,12)(H,13,14). The van der Waals surface area contributed by atoms with Crippen LogP contribution in [0.2, 0.25) is 0 Å². The highest BCUT2D eigenvalue weighted by molar-refractivity contribution is 5.70. The number of nitrogens with zero attached hydrogens (tertiary/aromatic N) is 1. The Bertz CT molecular complexity index is 355. The molecule has 14 heavy (non-hydrogen) atoms. The molecule has 0 aliphatic heterocycles. The van der Waals surface area contributed by atoms with E-state index in [0.717, 1.165) is 6.07 Å². The van der Waals surface area contributed by atoms with Crippen molar-refractivity contribution in [3.05, 3.63) is 23.4 Å². The lowest BCUT2D eigenvalue weighted by atomic mass is 10.1. The van der Waals surface area contributed by atoms with Crippen LogP contribution < -0.4 is 5.73 Å². The zero-order valence-electron chi connectivity index (χ0n) is 7.08. The SMILES string of the molecule is Nc1ccc(C(F)F)c(CC(=O)O)n1. The minimum Gasteiger partial charge on any atom is -0.481 e. The number of nitrogens with two attached hydrogens (primary N) is 1. The van der Waals surface area contributed by atoms with Gasteiger partial charge in [0.15, 0.2) is 0 Å². The molecule has 0 aliphatic rings. The molecule has 1 aromatic rings. The van der Waals surface area contributed by atoms with E-state index in [9.17, 15) is 13.6 Å². The molecule has 0 fully saturated rings. The summed E-state index contributed by atoms with van der Waals surface area (Å²) in [5, 5.41) is 8.44. The number of anilines is 1. The van der Waals surface area contributed by atoms with E-state index in [0.29, 0.717) is 0 Å². The van der Waals surface area contributed by atoms with Crippen molar-refractivity contribution in [2.24, 2.45) is 0 Å². The van der Waals surface area contributed by atoms with Gasteiger partial charge in [0.25, 0.3) is 6.43 Å². The molecule has 0 saturated heterocycles. The lowest BCUT2D eigenvalue weighted by Gasteiger charge is -2.06. The number of rotatable bonds is 3. The zero-order chi connectivity index (χ0) is 10.7. The highest BCUT2D eigenvalue weighted by Crippen LogP contribution is 2.22. The molecule has 0 unspecified atom stereocenters. The number of carboxylic acids is 1. The van der Waals surface area contributed by atoms with Crippen LogP contribution in [-0.2, 0) is 11.2 Å². The van der Waals surface area contributed by atoms with Crippen molar-refractivity contribution >= 4 is 11.8 Å². The quantitative estimate of drug-likeness (QED) is 0.772. The Morgan fingerprint density at radius 3 is 2.71 bits per heavy atom. The fraction of sp³-hybridized carbons (Fsp3) is 0.250. The highest BCUT2D eigenvalue weighted by Gasteiger charge is 2.16. The molecule has 0 atom stereocenters. The van der Waals surface area contributed by atoms with Crippen molar-refractivity contribution in [2.75, 3.05) is 5.73 Å². The third-order valence-corrected chi connectivity index (χ3v) is 1.58. The molecule has 0 spiro atoms. The smallest absolute Gasteiger partial charge is 0.309 e. The lowest BCUT2D eigenvalue weighted by Crippen LogP contribution is -2.08. The van der Waals surface area contributed by atoms with Gasteiger partial charge < -0.3 is 10.8 Å². The van der Waals surface area contributed by atoms with E-state index < -0.39 is 18.8 Å². The number of aromatic nitrogens is 1. The van der Waals surface area contributed by atoms with Crippen LogP contribution in [0.4, 0.5) is 14.6 Å². The van der Waals surface area contributed by atoms with Gasteiger partial charge in [-0.2, -0.15) is 0 Å². The number of hydrogen-bond donors (Lipinski definition) is 2. The summed E-state index contributed by atoms with van der Waals surface area (Å²) < 4.78 is 24.7. The van der Waals surface area contributed by atoms with Crippen molar-refractivity contribution in [1.29, 1.82) is 0 Å². The van der Waals surface area contributed by atoms with Crippen molar-refractivity contribution < 1.29 is 18.7 Å². The molecular formula is C8H8F2N2O2. The van der Waals surface area contributed by atoms with Gasteiger partial charge in [-0.15, -0.1) is 0 Å². The molecule has 1 rings (SSSR count). The molecule has 4 nitrogen and oxygen atoms in total. The maximum absolute atomic E-state index is 12.3. The third-order valence-electron chi connectivity index (χ3n) is 1.58. The average molecular weight is 202 g/mol. The van der Waals surface area contributed by atoms with Gasteiger partial charge in [0, 0.05) is 5.56 Å². The Kier molecular flexibility index (Phi) is 2.95. The van der Waals surface area contributed by atoms with Gasteiger partial charge in [0.1, 0.15) is 5.82 Å². The van der Waals surface area contributed by atoms with Crippen LogP contribution in [0, 0.1) is 0 Å². The normalized spacial score (nSPS) is 10.5. The first-order chi connectivity index (χ1) is 6.50. The number of alkyl halides is 2. The molecule has 0 radical (unpaired) electrons. The van der Waals surface area contributed by atoms with Gasteiger partial charge in [0.2, 0.25) is 0 Å². The monoisotopic (exact) mass is 202 g/mol. The van der Waals surface area contributed by atoms with E-state index in [1.807, 2.05) is 0 Å². The van der Waals surface area contributed by atoms with E-state index in [-0.39, 0.29) is 17.1 Å². The van der Waals surface area contributed by atoms with E-state index >= 15 is 0 Å². The summed E-state index contributed by atoms with van der Waals surface area (Å²) in [6.07, 6.45) is -3.29. The van der Waals surface area contributed by atoms with Gasteiger partial charge in [-0.1, -0.05) is 0 Å². The van der Waals surface area contributed by atoms with Crippen molar-refractivity contribution in [3.63, 3.8) is 0 Å². The summed E-state index contributed by atoms with van der Waals surface area (Å²) in [5.74, 6) is -1.18. The summed E-state index contributed by atoms with van der Waals surface area (Å²) >= 11 is 0. The van der Waals surface area contributed by atoms with E-state index in [1.54, 1.807) is 0 Å². The first-order valence-corrected chi connectivity index (χ1v) is 3.76.